The Balaban J connectivity index is 1.53. The fourth-order valence-corrected chi connectivity index (χ4v) is 6.07. The summed E-state index contributed by atoms with van der Waals surface area (Å²) in [5, 5.41) is 3.40. The van der Waals surface area contributed by atoms with Gasteiger partial charge < -0.3 is 0 Å². The van der Waals surface area contributed by atoms with Crippen LogP contribution in [0.1, 0.15) is 25.1 Å². The third kappa shape index (κ3) is 4.48. The Bertz CT molecular complexity index is 1170. The van der Waals surface area contributed by atoms with E-state index in [1.807, 2.05) is 41.8 Å². The summed E-state index contributed by atoms with van der Waals surface area (Å²) in [7, 11) is 0. The lowest BCUT2D eigenvalue weighted by molar-refractivity contribution is -0.115. The fourth-order valence-electron chi connectivity index (χ4n) is 2.98. The van der Waals surface area contributed by atoms with Gasteiger partial charge in [-0.05, 0) is 36.2 Å². The van der Waals surface area contributed by atoms with Crippen molar-refractivity contribution in [1.82, 2.24) is 9.97 Å². The van der Waals surface area contributed by atoms with Gasteiger partial charge in [-0.25, -0.2) is 9.97 Å². The normalized spacial score (nSPS) is 11.1. The first-order valence-corrected chi connectivity index (χ1v) is 12.1. The van der Waals surface area contributed by atoms with E-state index in [-0.39, 0.29) is 5.91 Å². The SMILES string of the molecule is CCc1ccccc1N(C(C)=O)c1nc(CSc2nc3cc(Cl)ccc3s2)cs1. The van der Waals surface area contributed by atoms with Crippen LogP contribution in [0.25, 0.3) is 10.2 Å². The molecule has 148 valence electrons. The van der Waals surface area contributed by atoms with Crippen LogP contribution in [-0.2, 0) is 17.0 Å². The summed E-state index contributed by atoms with van der Waals surface area (Å²) < 4.78 is 2.10. The van der Waals surface area contributed by atoms with Crippen LogP contribution >= 0.6 is 46.0 Å². The van der Waals surface area contributed by atoms with Crippen LogP contribution in [0.3, 0.4) is 0 Å². The maximum absolute atomic E-state index is 12.4. The van der Waals surface area contributed by atoms with E-state index in [4.69, 9.17) is 16.6 Å². The number of hydrogen-bond acceptors (Lipinski definition) is 6. The molecule has 2 aromatic heterocycles. The second-order valence-electron chi connectivity index (χ2n) is 6.34. The summed E-state index contributed by atoms with van der Waals surface area (Å²) in [6.45, 7) is 3.67. The lowest BCUT2D eigenvalue weighted by atomic mass is 10.1. The Morgan fingerprint density at radius 1 is 1.21 bits per heavy atom. The number of anilines is 2. The quantitative estimate of drug-likeness (QED) is 0.293. The van der Waals surface area contributed by atoms with E-state index in [1.54, 1.807) is 34.9 Å². The van der Waals surface area contributed by atoms with Crippen LogP contribution in [-0.4, -0.2) is 15.9 Å². The van der Waals surface area contributed by atoms with Crippen LogP contribution in [0.5, 0.6) is 0 Å². The summed E-state index contributed by atoms with van der Waals surface area (Å²) in [6.07, 6.45) is 0.857. The number of benzene rings is 2. The van der Waals surface area contributed by atoms with Gasteiger partial charge in [-0.15, -0.1) is 22.7 Å². The number of thiazole rings is 2. The molecule has 0 spiro atoms. The molecule has 4 rings (SSSR count). The van der Waals surface area contributed by atoms with Crippen LogP contribution in [0.2, 0.25) is 5.02 Å². The zero-order valence-electron chi connectivity index (χ0n) is 15.9. The number of aromatic nitrogens is 2. The molecular formula is C21H18ClN3OS3. The molecule has 0 aliphatic heterocycles. The molecule has 2 heterocycles. The highest BCUT2D eigenvalue weighted by Crippen LogP contribution is 2.35. The number of carbonyl (C=O) groups excluding carboxylic acids is 1. The number of rotatable bonds is 6. The minimum absolute atomic E-state index is 0.0393. The lowest BCUT2D eigenvalue weighted by Crippen LogP contribution is -2.23. The predicted molar refractivity (Wildman–Crippen MR) is 125 cm³/mol. The Morgan fingerprint density at radius 3 is 2.83 bits per heavy atom. The van der Waals surface area contributed by atoms with Gasteiger partial charge in [0.2, 0.25) is 5.91 Å². The second-order valence-corrected chi connectivity index (χ2v) is 9.86. The number of carbonyl (C=O) groups is 1. The molecule has 8 heteroatoms. The van der Waals surface area contributed by atoms with Gasteiger partial charge >= 0.3 is 0 Å². The Kier molecular flexibility index (Phi) is 6.20. The van der Waals surface area contributed by atoms with Crippen LogP contribution in [0.4, 0.5) is 10.8 Å². The standard InChI is InChI=1S/C21H18ClN3OS3/c1-3-14-6-4-5-7-18(14)25(13(2)26)20-23-16(11-27-20)12-28-21-24-17-10-15(22)8-9-19(17)29-21/h4-11H,3,12H2,1-2H3. The van der Waals surface area contributed by atoms with Gasteiger partial charge in [0.15, 0.2) is 9.47 Å². The Morgan fingerprint density at radius 2 is 2.03 bits per heavy atom. The first kappa shape index (κ1) is 20.3. The monoisotopic (exact) mass is 459 g/mol. The Hall–Kier alpha value is -1.93. The molecule has 0 N–H and O–H groups in total. The van der Waals surface area contributed by atoms with Gasteiger partial charge in [0.25, 0.3) is 0 Å². The minimum atomic E-state index is -0.0393. The summed E-state index contributed by atoms with van der Waals surface area (Å²) >= 11 is 10.8. The van der Waals surface area contributed by atoms with Gasteiger partial charge in [-0.1, -0.05) is 48.5 Å². The van der Waals surface area contributed by atoms with E-state index in [1.165, 1.54) is 11.3 Å². The molecule has 0 unspecified atom stereocenters. The van der Waals surface area contributed by atoms with Crippen molar-refractivity contribution in [3.63, 3.8) is 0 Å². The summed E-state index contributed by atoms with van der Waals surface area (Å²) in [5.74, 6) is 0.660. The molecule has 0 fully saturated rings. The van der Waals surface area contributed by atoms with Gasteiger partial charge in [-0.2, -0.15) is 0 Å². The predicted octanol–water partition coefficient (Wildman–Crippen LogP) is 6.95. The number of aryl methyl sites for hydroxylation is 1. The first-order chi connectivity index (χ1) is 14.0. The average Bonchev–Trinajstić information content (AvgIpc) is 3.33. The zero-order chi connectivity index (χ0) is 20.4. The topological polar surface area (TPSA) is 46.1 Å². The van der Waals surface area contributed by atoms with Crippen molar-refractivity contribution in [3.8, 4) is 0 Å². The molecule has 1 amide bonds. The van der Waals surface area contributed by atoms with Crippen molar-refractivity contribution in [2.45, 2.75) is 30.4 Å². The smallest absolute Gasteiger partial charge is 0.230 e. The lowest BCUT2D eigenvalue weighted by Gasteiger charge is -2.20. The van der Waals surface area contributed by atoms with Crippen molar-refractivity contribution in [2.24, 2.45) is 0 Å². The van der Waals surface area contributed by atoms with Crippen LogP contribution in [0, 0.1) is 0 Å². The van der Waals surface area contributed by atoms with Crippen molar-refractivity contribution in [1.29, 1.82) is 0 Å². The summed E-state index contributed by atoms with van der Waals surface area (Å²) in [6, 6.07) is 13.7. The third-order valence-electron chi connectivity index (χ3n) is 4.33. The van der Waals surface area contributed by atoms with Gasteiger partial charge in [0.05, 0.1) is 21.6 Å². The first-order valence-electron chi connectivity index (χ1n) is 9.07. The van der Waals surface area contributed by atoms with Gasteiger partial charge in [0, 0.05) is 23.1 Å². The highest BCUT2D eigenvalue weighted by atomic mass is 35.5. The minimum Gasteiger partial charge on any atom is -0.274 e. The maximum Gasteiger partial charge on any atom is 0.230 e. The molecule has 0 bridgehead atoms. The molecule has 0 radical (unpaired) electrons. The number of para-hydroxylation sites is 1. The van der Waals surface area contributed by atoms with E-state index >= 15 is 0 Å². The van der Waals surface area contributed by atoms with Crippen LogP contribution < -0.4 is 4.90 Å². The molecular weight excluding hydrogens is 442 g/mol. The molecule has 2 aromatic carbocycles. The number of amides is 1. The maximum atomic E-state index is 12.4. The molecule has 0 atom stereocenters. The molecule has 0 saturated heterocycles. The van der Waals surface area contributed by atoms with Crippen molar-refractivity contribution in [3.05, 3.63) is 64.1 Å². The number of hydrogen-bond donors (Lipinski definition) is 0. The van der Waals surface area contributed by atoms with E-state index < -0.39 is 0 Å². The third-order valence-corrected chi connectivity index (χ3v) is 7.66. The molecule has 0 aliphatic rings. The number of thioether (sulfide) groups is 1. The largest absolute Gasteiger partial charge is 0.274 e. The highest BCUT2D eigenvalue weighted by Gasteiger charge is 2.20. The summed E-state index contributed by atoms with van der Waals surface area (Å²) in [5.41, 5.74) is 3.89. The Labute approximate surface area is 186 Å². The van der Waals surface area contributed by atoms with Crippen molar-refractivity contribution >= 4 is 73.0 Å². The molecule has 0 saturated carbocycles. The number of nitrogens with zero attached hydrogens (tertiary/aromatic N) is 3. The zero-order valence-corrected chi connectivity index (χ0v) is 19.1. The second kappa shape index (κ2) is 8.83. The average molecular weight is 460 g/mol. The van der Waals surface area contributed by atoms with Gasteiger partial charge in [0.1, 0.15) is 0 Å². The number of halogens is 1. The molecule has 0 aliphatic carbocycles. The fraction of sp³-hybridized carbons (Fsp3) is 0.190. The van der Waals surface area contributed by atoms with E-state index in [2.05, 4.69) is 18.0 Å². The summed E-state index contributed by atoms with van der Waals surface area (Å²) in [4.78, 5) is 23.5. The molecule has 29 heavy (non-hydrogen) atoms. The van der Waals surface area contributed by atoms with Crippen LogP contribution in [0.15, 0.2) is 52.2 Å². The molecule has 4 nitrogen and oxygen atoms in total. The van der Waals surface area contributed by atoms with E-state index in [0.29, 0.717) is 15.9 Å². The van der Waals surface area contributed by atoms with E-state index in [0.717, 1.165) is 37.9 Å². The number of fused-ring (bicyclic) bond motifs is 1. The highest BCUT2D eigenvalue weighted by molar-refractivity contribution is 8.00. The van der Waals surface area contributed by atoms with Crippen molar-refractivity contribution < 1.29 is 4.79 Å². The van der Waals surface area contributed by atoms with Gasteiger partial charge in [-0.3, -0.25) is 9.69 Å². The van der Waals surface area contributed by atoms with E-state index in [9.17, 15) is 4.79 Å². The molecule has 4 aromatic rings. The van der Waals surface area contributed by atoms with Crippen molar-refractivity contribution in [2.75, 3.05) is 4.90 Å².